The van der Waals surface area contributed by atoms with Crippen molar-refractivity contribution in [2.45, 2.75) is 265 Å². The fourth-order valence-corrected chi connectivity index (χ4v) is 9.37. The third-order valence-corrected chi connectivity index (χ3v) is 13.4. The predicted octanol–water partition coefficient (Wildman–Crippen LogP) is 14.9. The van der Waals surface area contributed by atoms with Crippen LogP contribution in [-0.2, 0) is 23.1 Å². The van der Waals surface area contributed by atoms with E-state index in [1.807, 2.05) is 0 Å². The van der Waals surface area contributed by atoms with Gasteiger partial charge in [-0.05, 0) is 103 Å². The number of ether oxygens (including phenoxy) is 2. The number of aliphatic hydroxyl groups excluding tert-OH is 1. The van der Waals surface area contributed by atoms with Crippen molar-refractivity contribution in [3.8, 4) is 0 Å². The van der Waals surface area contributed by atoms with Crippen LogP contribution < -0.4 is 0 Å². The maximum absolute atomic E-state index is 13.0. The number of hydrogen-bond acceptors (Lipinski definition) is 7. The summed E-state index contributed by atoms with van der Waals surface area (Å²) < 4.78 is 25.0. The summed E-state index contributed by atoms with van der Waals surface area (Å²) in [5.41, 5.74) is 0. The normalized spacial score (nSPS) is 13.1. The molecule has 58 heavy (non-hydrogen) atoms. The second-order valence-electron chi connectivity index (χ2n) is 18.0. The number of esters is 1. The Balaban J connectivity index is 4.39. The molecule has 2 unspecified atom stereocenters. The Bertz CT molecular complexity index is 832. The highest BCUT2D eigenvalue weighted by atomic mass is 28.4. The highest BCUT2D eigenvalue weighted by molar-refractivity contribution is 6.64. The Morgan fingerprint density at radius 3 is 1.41 bits per heavy atom. The molecule has 0 saturated carbocycles. The van der Waals surface area contributed by atoms with Crippen LogP contribution >= 0.6 is 0 Å². The van der Waals surface area contributed by atoms with E-state index >= 15 is 0 Å². The summed E-state index contributed by atoms with van der Waals surface area (Å²) in [6, 6.07) is 0. The van der Waals surface area contributed by atoms with Gasteiger partial charge in [0.15, 0.2) is 0 Å². The van der Waals surface area contributed by atoms with E-state index in [0.29, 0.717) is 6.61 Å². The molecule has 0 saturated heterocycles. The average Bonchev–Trinajstić information content (AvgIpc) is 3.21. The van der Waals surface area contributed by atoms with Crippen LogP contribution in [0.3, 0.4) is 0 Å². The van der Waals surface area contributed by atoms with Crippen LogP contribution in [0.15, 0.2) is 0 Å². The summed E-state index contributed by atoms with van der Waals surface area (Å²) in [6.07, 6.45) is 40.6. The zero-order valence-electron chi connectivity index (χ0n) is 40.1. The second kappa shape index (κ2) is 44.5. The molecule has 0 aliphatic heterocycles. The highest BCUT2D eigenvalue weighted by Gasteiger charge is 2.29. The molecule has 8 heteroatoms. The minimum Gasteiger partial charge on any atom is -0.465 e. The molecule has 0 fully saturated rings. The first-order valence-electron chi connectivity index (χ1n) is 25.8. The maximum atomic E-state index is 13.0. The molecule has 0 aromatic rings. The van der Waals surface area contributed by atoms with Gasteiger partial charge in [-0.15, -0.1) is 0 Å². The van der Waals surface area contributed by atoms with Gasteiger partial charge >= 0.3 is 14.5 Å². The number of carbonyl (C=O) groups excluding carboxylic acids is 1. The summed E-state index contributed by atoms with van der Waals surface area (Å²) in [4.78, 5) is 15.6. The largest absolute Gasteiger partial charge is 0.465 e. The lowest BCUT2D eigenvalue weighted by Gasteiger charge is -2.29. The minimum absolute atomic E-state index is 0.0615. The first kappa shape index (κ1) is 57.5. The Morgan fingerprint density at radius 2 is 0.897 bits per heavy atom. The van der Waals surface area contributed by atoms with E-state index in [4.69, 9.17) is 18.3 Å². The number of aliphatic hydroxyl groups is 1. The van der Waals surface area contributed by atoms with Crippen LogP contribution in [-0.4, -0.2) is 76.9 Å². The number of carbonyl (C=O) groups is 1. The fraction of sp³-hybridized carbons (Fsp3) is 0.980. The van der Waals surface area contributed by atoms with Crippen molar-refractivity contribution in [3.63, 3.8) is 0 Å². The summed E-state index contributed by atoms with van der Waals surface area (Å²) in [6.45, 7) is 19.1. The Kier molecular flexibility index (Phi) is 44.1. The SMILES string of the molecule is CCCCCCCCCCCC(OCCCC)O[Si](C)(C)OCCCCCCN(CCCCO)CCCCCCOC(=O)C(CCCCCC)CCCCCCCC. The van der Waals surface area contributed by atoms with Crippen molar-refractivity contribution in [2.75, 3.05) is 46.1 Å². The smallest absolute Gasteiger partial charge is 0.333 e. The lowest BCUT2D eigenvalue weighted by atomic mass is 9.94. The van der Waals surface area contributed by atoms with Crippen LogP contribution in [0.2, 0.25) is 13.1 Å². The number of rotatable bonds is 48. The van der Waals surface area contributed by atoms with Crippen molar-refractivity contribution in [1.29, 1.82) is 0 Å². The van der Waals surface area contributed by atoms with E-state index in [-0.39, 0.29) is 24.8 Å². The number of unbranched alkanes of at least 4 members (excludes halogenated alkanes) is 24. The Labute approximate surface area is 363 Å². The fourth-order valence-electron chi connectivity index (χ4n) is 7.85. The standard InChI is InChI=1S/C50H103NO6Si/c1-7-11-15-18-20-21-22-24-31-40-49(54-45-14-10-4)57-58(5,6)56-47-37-28-26-33-42-51(43-34-35-44-52)41-32-25-27-36-46-55-50(53)48(38-29-17-13-9-3)39-30-23-19-16-12-8-2/h48-49,52H,7-47H2,1-6H3. The van der Waals surface area contributed by atoms with E-state index in [9.17, 15) is 9.90 Å². The van der Waals surface area contributed by atoms with Gasteiger partial charge in [0.1, 0.15) is 6.29 Å². The van der Waals surface area contributed by atoms with Crippen molar-refractivity contribution >= 4 is 14.5 Å². The lowest BCUT2D eigenvalue weighted by Crippen LogP contribution is -2.40. The second-order valence-corrected chi connectivity index (χ2v) is 21.3. The Hall–Kier alpha value is -0.513. The quantitative estimate of drug-likeness (QED) is 0.0283. The lowest BCUT2D eigenvalue weighted by molar-refractivity contribution is -0.149. The zero-order chi connectivity index (χ0) is 42.6. The van der Waals surface area contributed by atoms with Crippen molar-refractivity contribution in [1.82, 2.24) is 4.90 Å². The van der Waals surface area contributed by atoms with Crippen LogP contribution in [0.5, 0.6) is 0 Å². The molecule has 0 aromatic carbocycles. The molecule has 0 bridgehead atoms. The van der Waals surface area contributed by atoms with Gasteiger partial charge in [0, 0.05) is 19.8 Å². The van der Waals surface area contributed by atoms with Crippen LogP contribution in [0.1, 0.15) is 246 Å². The Morgan fingerprint density at radius 1 is 0.483 bits per heavy atom. The minimum atomic E-state index is -2.26. The van der Waals surface area contributed by atoms with Crippen LogP contribution in [0, 0.1) is 5.92 Å². The summed E-state index contributed by atoms with van der Waals surface area (Å²) >= 11 is 0. The van der Waals surface area contributed by atoms with Gasteiger partial charge in [-0.2, -0.15) is 0 Å². The predicted molar refractivity (Wildman–Crippen MR) is 252 cm³/mol. The maximum Gasteiger partial charge on any atom is 0.333 e. The zero-order valence-corrected chi connectivity index (χ0v) is 41.1. The monoisotopic (exact) mass is 842 g/mol. The molecule has 0 spiro atoms. The topological polar surface area (TPSA) is 77.5 Å². The first-order valence-corrected chi connectivity index (χ1v) is 28.6. The highest BCUT2D eigenvalue weighted by Crippen LogP contribution is 2.22. The third-order valence-electron chi connectivity index (χ3n) is 11.7. The molecular weight excluding hydrogens is 739 g/mol. The molecule has 0 aliphatic rings. The molecular formula is C50H103NO6Si. The van der Waals surface area contributed by atoms with Gasteiger partial charge < -0.3 is 28.3 Å². The van der Waals surface area contributed by atoms with Crippen molar-refractivity contribution in [3.05, 3.63) is 0 Å². The van der Waals surface area contributed by atoms with Crippen molar-refractivity contribution < 1.29 is 28.2 Å². The molecule has 1 N–H and O–H groups in total. The van der Waals surface area contributed by atoms with E-state index in [2.05, 4.69) is 45.7 Å². The van der Waals surface area contributed by atoms with Crippen molar-refractivity contribution in [2.24, 2.45) is 5.92 Å². The van der Waals surface area contributed by atoms with Gasteiger partial charge in [-0.1, -0.05) is 175 Å². The van der Waals surface area contributed by atoms with E-state index < -0.39 is 8.56 Å². The molecule has 348 valence electrons. The van der Waals surface area contributed by atoms with Gasteiger partial charge in [0.05, 0.1) is 12.5 Å². The molecule has 0 aromatic heterocycles. The van der Waals surface area contributed by atoms with E-state index in [1.165, 1.54) is 141 Å². The summed E-state index contributed by atoms with van der Waals surface area (Å²) in [5, 5.41) is 9.36. The average molecular weight is 842 g/mol. The van der Waals surface area contributed by atoms with Crippen LogP contribution in [0.4, 0.5) is 0 Å². The van der Waals surface area contributed by atoms with E-state index in [1.54, 1.807) is 0 Å². The van der Waals surface area contributed by atoms with Gasteiger partial charge in [0.2, 0.25) is 0 Å². The third kappa shape index (κ3) is 39.6. The van der Waals surface area contributed by atoms with Gasteiger partial charge in [0.25, 0.3) is 0 Å². The molecule has 0 radical (unpaired) electrons. The van der Waals surface area contributed by atoms with E-state index in [0.717, 1.165) is 110 Å². The number of nitrogens with zero attached hydrogens (tertiary/aromatic N) is 1. The first-order chi connectivity index (χ1) is 28.3. The number of hydrogen-bond donors (Lipinski definition) is 1. The van der Waals surface area contributed by atoms with Gasteiger partial charge in [-0.25, -0.2) is 0 Å². The molecule has 0 heterocycles. The molecule has 0 aliphatic carbocycles. The molecule has 7 nitrogen and oxygen atoms in total. The van der Waals surface area contributed by atoms with Crippen LogP contribution in [0.25, 0.3) is 0 Å². The molecule has 0 amide bonds. The molecule has 0 rings (SSSR count). The molecule has 2 atom stereocenters. The van der Waals surface area contributed by atoms with Gasteiger partial charge in [-0.3, -0.25) is 4.79 Å². The summed E-state index contributed by atoms with van der Waals surface area (Å²) in [7, 11) is -2.26. The summed E-state index contributed by atoms with van der Waals surface area (Å²) in [5.74, 6) is 0.157.